The van der Waals surface area contributed by atoms with Crippen LogP contribution in [0.3, 0.4) is 0 Å². The molecule has 0 aliphatic heterocycles. The second-order valence-corrected chi connectivity index (χ2v) is 4.09. The van der Waals surface area contributed by atoms with Crippen molar-refractivity contribution in [3.63, 3.8) is 0 Å². The number of hydrogen-bond acceptors (Lipinski definition) is 4. The van der Waals surface area contributed by atoms with Gasteiger partial charge < -0.3 is 14.6 Å². The smallest absolute Gasteiger partial charge is 0.191 e. The van der Waals surface area contributed by atoms with Gasteiger partial charge in [0.2, 0.25) is 0 Å². The number of carbonyl (C=O) groups is 1. The number of ketones is 1. The summed E-state index contributed by atoms with van der Waals surface area (Å²) in [6.07, 6.45) is 1.34. The molecule has 1 atom stereocenters. The average molecular weight is 252 g/mol. The lowest BCUT2D eigenvalue weighted by Crippen LogP contribution is -2.20. The molecule has 4 heteroatoms. The molecule has 0 spiro atoms. The van der Waals surface area contributed by atoms with E-state index in [9.17, 15) is 9.90 Å². The Kier molecular flexibility index (Phi) is 5.65. The van der Waals surface area contributed by atoms with E-state index >= 15 is 0 Å². The Morgan fingerprint density at radius 2 is 1.94 bits per heavy atom. The van der Waals surface area contributed by atoms with Crippen molar-refractivity contribution < 1.29 is 19.4 Å². The van der Waals surface area contributed by atoms with E-state index in [1.165, 1.54) is 14.2 Å². The van der Waals surface area contributed by atoms with Crippen LogP contribution in [-0.4, -0.2) is 31.2 Å². The Morgan fingerprint density at radius 1 is 1.28 bits per heavy atom. The Bertz CT molecular complexity index is 401. The van der Waals surface area contributed by atoms with E-state index in [0.717, 1.165) is 12.8 Å². The standard InChI is InChI=1S/C14H20O4/c1-4-5-6-11(15)14(16)10-7-8-12(17-2)13(9-10)18-3/h7-9,11,15H,4-6H2,1-3H3. The maximum Gasteiger partial charge on any atom is 0.191 e. The maximum absolute atomic E-state index is 12.0. The highest BCUT2D eigenvalue weighted by molar-refractivity contribution is 5.99. The molecule has 4 nitrogen and oxygen atoms in total. The fourth-order valence-electron chi connectivity index (χ4n) is 1.71. The van der Waals surface area contributed by atoms with Gasteiger partial charge in [-0.05, 0) is 24.6 Å². The number of carbonyl (C=O) groups excluding carboxylic acids is 1. The number of hydrogen-bond donors (Lipinski definition) is 1. The largest absolute Gasteiger partial charge is 0.493 e. The van der Waals surface area contributed by atoms with Gasteiger partial charge in [-0.1, -0.05) is 19.8 Å². The Labute approximate surface area is 108 Å². The van der Waals surface area contributed by atoms with Crippen LogP contribution in [0.4, 0.5) is 0 Å². The van der Waals surface area contributed by atoms with E-state index in [0.29, 0.717) is 23.5 Å². The zero-order chi connectivity index (χ0) is 13.5. The highest BCUT2D eigenvalue weighted by Gasteiger charge is 2.18. The summed E-state index contributed by atoms with van der Waals surface area (Å²) < 4.78 is 10.2. The van der Waals surface area contributed by atoms with Crippen LogP contribution < -0.4 is 9.47 Å². The van der Waals surface area contributed by atoms with Crippen molar-refractivity contribution in [2.75, 3.05) is 14.2 Å². The molecule has 0 saturated heterocycles. The fraction of sp³-hybridized carbons (Fsp3) is 0.500. The summed E-state index contributed by atoms with van der Waals surface area (Å²) in [5.41, 5.74) is 0.441. The van der Waals surface area contributed by atoms with E-state index in [1.54, 1.807) is 18.2 Å². The molecule has 0 heterocycles. The molecule has 18 heavy (non-hydrogen) atoms. The van der Waals surface area contributed by atoms with E-state index in [-0.39, 0.29) is 5.78 Å². The van der Waals surface area contributed by atoms with Crippen molar-refractivity contribution in [2.45, 2.75) is 32.3 Å². The minimum Gasteiger partial charge on any atom is -0.493 e. The zero-order valence-corrected chi connectivity index (χ0v) is 11.1. The van der Waals surface area contributed by atoms with Crippen molar-refractivity contribution in [1.82, 2.24) is 0 Å². The lowest BCUT2D eigenvalue weighted by Gasteiger charge is -2.12. The van der Waals surface area contributed by atoms with Crippen LogP contribution in [0.15, 0.2) is 18.2 Å². The van der Waals surface area contributed by atoms with Gasteiger partial charge in [-0.3, -0.25) is 4.79 Å². The minimum absolute atomic E-state index is 0.274. The van der Waals surface area contributed by atoms with Gasteiger partial charge in [0, 0.05) is 5.56 Å². The van der Waals surface area contributed by atoms with Gasteiger partial charge in [0.25, 0.3) is 0 Å². The summed E-state index contributed by atoms with van der Waals surface area (Å²) in [5, 5.41) is 9.77. The second-order valence-electron chi connectivity index (χ2n) is 4.09. The molecule has 0 fully saturated rings. The van der Waals surface area contributed by atoms with E-state index < -0.39 is 6.10 Å². The molecule has 1 aromatic rings. The van der Waals surface area contributed by atoms with E-state index in [4.69, 9.17) is 9.47 Å². The van der Waals surface area contributed by atoms with E-state index in [2.05, 4.69) is 0 Å². The number of aliphatic hydroxyl groups is 1. The molecule has 1 unspecified atom stereocenters. The molecule has 0 saturated carbocycles. The predicted octanol–water partition coefficient (Wildman–Crippen LogP) is 2.44. The first-order valence-electron chi connectivity index (χ1n) is 6.08. The maximum atomic E-state index is 12.0. The van der Waals surface area contributed by atoms with Crippen LogP contribution in [0.2, 0.25) is 0 Å². The van der Waals surface area contributed by atoms with Crippen molar-refractivity contribution in [3.05, 3.63) is 23.8 Å². The highest BCUT2D eigenvalue weighted by Crippen LogP contribution is 2.28. The highest BCUT2D eigenvalue weighted by atomic mass is 16.5. The van der Waals surface area contributed by atoms with Crippen LogP contribution >= 0.6 is 0 Å². The average Bonchev–Trinajstić information content (AvgIpc) is 2.42. The topological polar surface area (TPSA) is 55.8 Å². The second kappa shape index (κ2) is 7.01. The number of methoxy groups -OCH3 is 2. The summed E-state index contributed by atoms with van der Waals surface area (Å²) in [7, 11) is 3.05. The molecule has 0 aliphatic rings. The van der Waals surface area contributed by atoms with Crippen molar-refractivity contribution in [2.24, 2.45) is 0 Å². The summed E-state index contributed by atoms with van der Waals surface area (Å²) in [5.74, 6) is 0.785. The van der Waals surface area contributed by atoms with E-state index in [1.807, 2.05) is 6.92 Å². The van der Waals surface area contributed by atoms with Gasteiger partial charge in [0.15, 0.2) is 17.3 Å². The van der Waals surface area contributed by atoms with Crippen LogP contribution in [-0.2, 0) is 0 Å². The monoisotopic (exact) mass is 252 g/mol. The van der Waals surface area contributed by atoms with Gasteiger partial charge in [0.1, 0.15) is 6.10 Å². The van der Waals surface area contributed by atoms with Crippen molar-refractivity contribution >= 4 is 5.78 Å². The van der Waals surface area contributed by atoms with Crippen molar-refractivity contribution in [1.29, 1.82) is 0 Å². The fourth-order valence-corrected chi connectivity index (χ4v) is 1.71. The predicted molar refractivity (Wildman–Crippen MR) is 69.4 cm³/mol. The van der Waals surface area contributed by atoms with Gasteiger partial charge in [-0.25, -0.2) is 0 Å². The lowest BCUT2D eigenvalue weighted by molar-refractivity contribution is 0.0726. The summed E-state index contributed by atoms with van der Waals surface area (Å²) in [6.45, 7) is 2.02. The van der Waals surface area contributed by atoms with Gasteiger partial charge in [-0.2, -0.15) is 0 Å². The van der Waals surface area contributed by atoms with Crippen LogP contribution in [0, 0.1) is 0 Å². The molecule has 1 aromatic carbocycles. The number of Topliss-reactive ketones (excluding diaryl/α,β-unsaturated/α-hetero) is 1. The van der Waals surface area contributed by atoms with Gasteiger partial charge in [0.05, 0.1) is 14.2 Å². The summed E-state index contributed by atoms with van der Waals surface area (Å²) in [4.78, 5) is 12.0. The molecule has 0 radical (unpaired) electrons. The lowest BCUT2D eigenvalue weighted by atomic mass is 10.0. The molecule has 1 N–H and O–H groups in total. The first kappa shape index (κ1) is 14.5. The molecule has 0 amide bonds. The number of unbranched alkanes of at least 4 members (excludes halogenated alkanes) is 1. The first-order chi connectivity index (χ1) is 8.63. The molecular weight excluding hydrogens is 232 g/mol. The quantitative estimate of drug-likeness (QED) is 0.757. The molecule has 0 aliphatic carbocycles. The molecule has 1 rings (SSSR count). The van der Waals surface area contributed by atoms with Gasteiger partial charge in [-0.15, -0.1) is 0 Å². The number of aliphatic hydroxyl groups excluding tert-OH is 1. The Balaban J connectivity index is 2.86. The number of benzene rings is 1. The molecule has 100 valence electrons. The third-order valence-corrected chi connectivity index (χ3v) is 2.80. The van der Waals surface area contributed by atoms with Gasteiger partial charge >= 0.3 is 0 Å². The third-order valence-electron chi connectivity index (χ3n) is 2.80. The number of ether oxygens (including phenoxy) is 2. The number of rotatable bonds is 7. The Morgan fingerprint density at radius 3 is 2.50 bits per heavy atom. The Hall–Kier alpha value is -1.55. The summed E-state index contributed by atoms with van der Waals surface area (Å²) in [6, 6.07) is 4.90. The SMILES string of the molecule is CCCCC(O)C(=O)c1ccc(OC)c(OC)c1. The van der Waals surface area contributed by atoms with Crippen LogP contribution in [0.1, 0.15) is 36.5 Å². The first-order valence-corrected chi connectivity index (χ1v) is 6.08. The molecule has 0 bridgehead atoms. The summed E-state index contributed by atoms with van der Waals surface area (Å²) >= 11 is 0. The zero-order valence-electron chi connectivity index (χ0n) is 11.1. The molecular formula is C14H20O4. The normalized spacial score (nSPS) is 12.0. The van der Waals surface area contributed by atoms with Crippen molar-refractivity contribution in [3.8, 4) is 11.5 Å². The van der Waals surface area contributed by atoms with Crippen LogP contribution in [0.25, 0.3) is 0 Å². The minimum atomic E-state index is -0.942. The molecule has 0 aromatic heterocycles. The van der Waals surface area contributed by atoms with Crippen LogP contribution in [0.5, 0.6) is 11.5 Å². The third kappa shape index (κ3) is 3.47.